The van der Waals surface area contributed by atoms with E-state index in [9.17, 15) is 9.59 Å². The lowest BCUT2D eigenvalue weighted by molar-refractivity contribution is -0.116. The summed E-state index contributed by atoms with van der Waals surface area (Å²) in [6.07, 6.45) is 1.29. The van der Waals surface area contributed by atoms with Gasteiger partial charge in [0.25, 0.3) is 0 Å². The fourth-order valence-electron chi connectivity index (χ4n) is 3.78. The van der Waals surface area contributed by atoms with Crippen molar-refractivity contribution >= 4 is 23.3 Å². The second kappa shape index (κ2) is 11.0. The summed E-state index contributed by atoms with van der Waals surface area (Å²) in [6.45, 7) is 8.74. The third-order valence-electron chi connectivity index (χ3n) is 5.60. The molecule has 1 amide bonds. The number of ether oxygens (including phenoxy) is 1. The lowest BCUT2D eigenvalue weighted by Crippen LogP contribution is -2.46. The van der Waals surface area contributed by atoms with Crippen molar-refractivity contribution in [2.75, 3.05) is 43.5 Å². The lowest BCUT2D eigenvalue weighted by Gasteiger charge is -2.37. The second-order valence-electron chi connectivity index (χ2n) is 8.45. The standard InChI is InChI=1S/C25H33N3O3/c1-19(2)9-12-24(29)26-22-17-21(25(30)31-3)10-11-23(22)28-15-13-27(14-16-28)18-20-7-5-4-6-8-20/h4-8,10-11,17,19H,9,12-16,18H2,1-3H3,(H,26,29). The third-order valence-corrected chi connectivity index (χ3v) is 5.60. The third kappa shape index (κ3) is 6.56. The molecule has 2 aromatic carbocycles. The van der Waals surface area contributed by atoms with E-state index in [1.165, 1.54) is 12.7 Å². The van der Waals surface area contributed by atoms with Crippen LogP contribution < -0.4 is 10.2 Å². The number of rotatable bonds is 8. The molecule has 0 saturated carbocycles. The number of nitrogens with zero attached hydrogens (tertiary/aromatic N) is 2. The first-order chi connectivity index (χ1) is 15.0. The number of benzene rings is 2. The molecular weight excluding hydrogens is 390 g/mol. The van der Waals surface area contributed by atoms with Gasteiger partial charge in [-0.2, -0.15) is 0 Å². The number of carbonyl (C=O) groups excluding carboxylic acids is 2. The Kier molecular flexibility index (Phi) is 8.06. The Labute approximate surface area is 185 Å². The van der Waals surface area contributed by atoms with E-state index < -0.39 is 5.97 Å². The summed E-state index contributed by atoms with van der Waals surface area (Å²) < 4.78 is 4.86. The van der Waals surface area contributed by atoms with Gasteiger partial charge in [0.05, 0.1) is 24.0 Å². The van der Waals surface area contributed by atoms with Gasteiger partial charge in [0, 0.05) is 39.1 Å². The Bertz CT molecular complexity index is 875. The van der Waals surface area contributed by atoms with Crippen LogP contribution in [-0.4, -0.2) is 50.1 Å². The van der Waals surface area contributed by atoms with Gasteiger partial charge in [0.2, 0.25) is 5.91 Å². The normalized spacial score (nSPS) is 14.5. The predicted molar refractivity (Wildman–Crippen MR) is 124 cm³/mol. The van der Waals surface area contributed by atoms with Crippen LogP contribution in [0.25, 0.3) is 0 Å². The molecule has 1 aliphatic rings. The van der Waals surface area contributed by atoms with Gasteiger partial charge in [0.1, 0.15) is 0 Å². The highest BCUT2D eigenvalue weighted by Gasteiger charge is 2.21. The minimum Gasteiger partial charge on any atom is -0.465 e. The molecule has 1 N–H and O–H groups in total. The van der Waals surface area contributed by atoms with Crippen LogP contribution >= 0.6 is 0 Å². The average molecular weight is 424 g/mol. The summed E-state index contributed by atoms with van der Waals surface area (Å²) in [5, 5.41) is 3.03. The van der Waals surface area contributed by atoms with Gasteiger partial charge in [-0.05, 0) is 36.1 Å². The molecule has 0 bridgehead atoms. The number of piperazine rings is 1. The zero-order chi connectivity index (χ0) is 22.2. The van der Waals surface area contributed by atoms with Crippen molar-refractivity contribution in [1.82, 2.24) is 4.90 Å². The molecule has 1 aliphatic heterocycles. The van der Waals surface area contributed by atoms with E-state index in [1.807, 2.05) is 12.1 Å². The van der Waals surface area contributed by atoms with Crippen molar-refractivity contribution < 1.29 is 14.3 Å². The van der Waals surface area contributed by atoms with Crippen LogP contribution in [0.5, 0.6) is 0 Å². The van der Waals surface area contributed by atoms with E-state index >= 15 is 0 Å². The molecule has 0 aromatic heterocycles. The summed E-state index contributed by atoms with van der Waals surface area (Å²) in [5.41, 5.74) is 3.38. The molecule has 1 saturated heterocycles. The number of amides is 1. The minimum absolute atomic E-state index is 0.0281. The molecule has 0 atom stereocenters. The molecule has 3 rings (SSSR count). The van der Waals surface area contributed by atoms with E-state index in [-0.39, 0.29) is 5.91 Å². The predicted octanol–water partition coefficient (Wildman–Crippen LogP) is 4.17. The van der Waals surface area contributed by atoms with Gasteiger partial charge < -0.3 is 15.0 Å². The summed E-state index contributed by atoms with van der Waals surface area (Å²) in [4.78, 5) is 29.2. The first kappa shape index (κ1) is 22.8. The molecule has 2 aromatic rings. The quantitative estimate of drug-likeness (QED) is 0.646. The van der Waals surface area contributed by atoms with Crippen molar-refractivity contribution in [2.45, 2.75) is 33.2 Å². The Hall–Kier alpha value is -2.86. The molecule has 0 unspecified atom stereocenters. The van der Waals surface area contributed by atoms with Crippen LogP contribution in [0, 0.1) is 5.92 Å². The Morgan fingerprint density at radius 3 is 2.39 bits per heavy atom. The number of carbonyl (C=O) groups is 2. The van der Waals surface area contributed by atoms with Crippen LogP contribution in [-0.2, 0) is 16.1 Å². The Morgan fingerprint density at radius 1 is 1.03 bits per heavy atom. The fraction of sp³-hybridized carbons (Fsp3) is 0.440. The number of hydrogen-bond acceptors (Lipinski definition) is 5. The molecule has 31 heavy (non-hydrogen) atoms. The van der Waals surface area contributed by atoms with Gasteiger partial charge in [-0.1, -0.05) is 44.2 Å². The van der Waals surface area contributed by atoms with Gasteiger partial charge in [0.15, 0.2) is 0 Å². The smallest absolute Gasteiger partial charge is 0.337 e. The van der Waals surface area contributed by atoms with E-state index in [0.717, 1.165) is 44.8 Å². The molecule has 0 aliphatic carbocycles. The molecule has 6 nitrogen and oxygen atoms in total. The van der Waals surface area contributed by atoms with Crippen LogP contribution in [0.3, 0.4) is 0 Å². The van der Waals surface area contributed by atoms with Crippen LogP contribution in [0.2, 0.25) is 0 Å². The highest BCUT2D eigenvalue weighted by atomic mass is 16.5. The van der Waals surface area contributed by atoms with Crippen molar-refractivity contribution in [1.29, 1.82) is 0 Å². The van der Waals surface area contributed by atoms with Crippen molar-refractivity contribution in [2.24, 2.45) is 5.92 Å². The van der Waals surface area contributed by atoms with E-state index in [2.05, 4.69) is 53.2 Å². The van der Waals surface area contributed by atoms with Crippen molar-refractivity contribution in [3.63, 3.8) is 0 Å². The van der Waals surface area contributed by atoms with Crippen LogP contribution in [0.4, 0.5) is 11.4 Å². The summed E-state index contributed by atoms with van der Waals surface area (Å²) in [5.74, 6) is 0.0286. The lowest BCUT2D eigenvalue weighted by atomic mass is 10.1. The first-order valence-corrected chi connectivity index (χ1v) is 11.0. The highest BCUT2D eigenvalue weighted by Crippen LogP contribution is 2.29. The maximum Gasteiger partial charge on any atom is 0.337 e. The monoisotopic (exact) mass is 423 g/mol. The van der Waals surface area contributed by atoms with Crippen LogP contribution in [0.15, 0.2) is 48.5 Å². The van der Waals surface area contributed by atoms with Crippen molar-refractivity contribution in [3.8, 4) is 0 Å². The average Bonchev–Trinajstić information content (AvgIpc) is 2.78. The van der Waals surface area contributed by atoms with Gasteiger partial charge in [-0.25, -0.2) is 4.79 Å². The number of hydrogen-bond donors (Lipinski definition) is 1. The maximum atomic E-state index is 12.5. The molecule has 0 radical (unpaired) electrons. The Morgan fingerprint density at radius 2 is 1.74 bits per heavy atom. The fourth-order valence-corrected chi connectivity index (χ4v) is 3.78. The van der Waals surface area contributed by atoms with Gasteiger partial charge >= 0.3 is 5.97 Å². The zero-order valence-electron chi connectivity index (χ0n) is 18.8. The van der Waals surface area contributed by atoms with E-state index in [4.69, 9.17) is 4.74 Å². The van der Waals surface area contributed by atoms with Gasteiger partial charge in [-0.15, -0.1) is 0 Å². The highest BCUT2D eigenvalue weighted by molar-refractivity contribution is 5.98. The number of esters is 1. The molecular formula is C25H33N3O3. The first-order valence-electron chi connectivity index (χ1n) is 11.0. The largest absolute Gasteiger partial charge is 0.465 e. The molecule has 1 fully saturated rings. The molecule has 166 valence electrons. The second-order valence-corrected chi connectivity index (χ2v) is 8.45. The maximum absolute atomic E-state index is 12.5. The molecule has 6 heteroatoms. The van der Waals surface area contributed by atoms with Crippen molar-refractivity contribution in [3.05, 3.63) is 59.7 Å². The van der Waals surface area contributed by atoms with E-state index in [1.54, 1.807) is 12.1 Å². The molecule has 0 spiro atoms. The van der Waals surface area contributed by atoms with E-state index in [0.29, 0.717) is 23.6 Å². The summed E-state index contributed by atoms with van der Waals surface area (Å²) in [7, 11) is 1.36. The Balaban J connectivity index is 1.70. The zero-order valence-corrected chi connectivity index (χ0v) is 18.8. The number of anilines is 2. The summed E-state index contributed by atoms with van der Waals surface area (Å²) in [6, 6.07) is 15.9. The topological polar surface area (TPSA) is 61.9 Å². The number of methoxy groups -OCH3 is 1. The number of nitrogens with one attached hydrogen (secondary N) is 1. The SMILES string of the molecule is COC(=O)c1ccc(N2CCN(Cc3ccccc3)CC2)c(NC(=O)CCC(C)C)c1. The molecule has 1 heterocycles. The van der Waals surface area contributed by atoms with Crippen LogP contribution in [0.1, 0.15) is 42.6 Å². The van der Waals surface area contributed by atoms with Gasteiger partial charge in [-0.3, -0.25) is 9.69 Å². The minimum atomic E-state index is -0.406. The summed E-state index contributed by atoms with van der Waals surface area (Å²) >= 11 is 0.